The van der Waals surface area contributed by atoms with Crippen molar-refractivity contribution >= 4 is 38.0 Å². The first-order valence-electron chi connectivity index (χ1n) is 9.84. The third-order valence-electron chi connectivity index (χ3n) is 4.81. The highest BCUT2D eigenvalue weighted by Gasteiger charge is 2.27. The van der Waals surface area contributed by atoms with Crippen LogP contribution >= 0.6 is 31.9 Å². The molecule has 1 aromatic heterocycles. The van der Waals surface area contributed by atoms with E-state index < -0.39 is 29.4 Å². The van der Waals surface area contributed by atoms with Gasteiger partial charge in [-0.3, -0.25) is 0 Å². The van der Waals surface area contributed by atoms with Crippen LogP contribution in [-0.4, -0.2) is 16.7 Å². The number of carbonyl (C=O) groups is 1. The largest absolute Gasteiger partial charge is 0.444 e. The Morgan fingerprint density at radius 3 is 2.33 bits per heavy atom. The zero-order valence-corrected chi connectivity index (χ0v) is 20.3. The zero-order chi connectivity index (χ0) is 22.1. The highest BCUT2D eigenvalue weighted by Crippen LogP contribution is 2.37. The van der Waals surface area contributed by atoms with Crippen LogP contribution in [0.25, 0.3) is 0 Å². The molecule has 0 fully saturated rings. The number of benzene rings is 1. The van der Waals surface area contributed by atoms with E-state index in [9.17, 15) is 13.6 Å². The number of hydrogen-bond acceptors (Lipinski definition) is 3. The molecule has 4 nitrogen and oxygen atoms in total. The smallest absolute Gasteiger partial charge is 0.408 e. The lowest BCUT2D eigenvalue weighted by atomic mass is 9.91. The highest BCUT2D eigenvalue weighted by molar-refractivity contribution is 9.11. The quantitative estimate of drug-likeness (QED) is 0.442. The van der Waals surface area contributed by atoms with Gasteiger partial charge in [0.15, 0.2) is 0 Å². The molecular weight excluding hydrogens is 522 g/mol. The second-order valence-corrected chi connectivity index (χ2v) is 9.99. The Morgan fingerprint density at radius 1 is 1.13 bits per heavy atom. The van der Waals surface area contributed by atoms with Crippen molar-refractivity contribution in [1.82, 2.24) is 10.3 Å². The molecule has 1 atom stereocenters. The molecule has 162 valence electrons. The molecular formula is C22H24Br2F2N2O2. The summed E-state index contributed by atoms with van der Waals surface area (Å²) in [7, 11) is 0. The van der Waals surface area contributed by atoms with Crippen LogP contribution in [0.2, 0.25) is 0 Å². The molecule has 0 saturated carbocycles. The van der Waals surface area contributed by atoms with E-state index in [1.807, 2.05) is 0 Å². The van der Waals surface area contributed by atoms with Crippen molar-refractivity contribution in [3.63, 3.8) is 0 Å². The molecule has 0 unspecified atom stereocenters. The molecule has 0 radical (unpaired) electrons. The van der Waals surface area contributed by atoms with E-state index in [4.69, 9.17) is 4.74 Å². The number of pyridine rings is 1. The molecule has 30 heavy (non-hydrogen) atoms. The lowest BCUT2D eigenvalue weighted by Crippen LogP contribution is -2.36. The molecule has 1 amide bonds. The summed E-state index contributed by atoms with van der Waals surface area (Å²) in [4.78, 5) is 17.2. The van der Waals surface area contributed by atoms with Gasteiger partial charge in [0.25, 0.3) is 0 Å². The number of carbonyl (C=O) groups excluding carboxylic acids is 1. The molecule has 1 aliphatic rings. The van der Waals surface area contributed by atoms with Gasteiger partial charge in [0.1, 0.15) is 21.8 Å². The molecule has 1 aromatic carbocycles. The Hall–Kier alpha value is -1.54. The summed E-state index contributed by atoms with van der Waals surface area (Å²) >= 11 is 7.23. The fourth-order valence-electron chi connectivity index (χ4n) is 3.61. The maximum absolute atomic E-state index is 13.7. The Labute approximate surface area is 192 Å². The van der Waals surface area contributed by atoms with Crippen molar-refractivity contribution in [1.29, 1.82) is 0 Å². The Kier molecular flexibility index (Phi) is 7.17. The fourth-order valence-corrected chi connectivity index (χ4v) is 5.04. The summed E-state index contributed by atoms with van der Waals surface area (Å²) < 4.78 is 34.5. The maximum Gasteiger partial charge on any atom is 0.408 e. The minimum absolute atomic E-state index is 0.157. The topological polar surface area (TPSA) is 51.2 Å². The Balaban J connectivity index is 2.00. The van der Waals surface area contributed by atoms with Gasteiger partial charge in [0.05, 0.1) is 11.7 Å². The first-order valence-corrected chi connectivity index (χ1v) is 11.4. The Bertz CT molecular complexity index is 941. The van der Waals surface area contributed by atoms with Crippen LogP contribution in [0.4, 0.5) is 13.6 Å². The van der Waals surface area contributed by atoms with Crippen LogP contribution in [0, 0.1) is 11.6 Å². The average molecular weight is 546 g/mol. The monoisotopic (exact) mass is 544 g/mol. The first kappa shape index (κ1) is 23.1. The number of aromatic nitrogens is 1. The predicted molar refractivity (Wildman–Crippen MR) is 118 cm³/mol. The van der Waals surface area contributed by atoms with Crippen molar-refractivity contribution in [3.8, 4) is 0 Å². The maximum atomic E-state index is 13.7. The van der Waals surface area contributed by atoms with E-state index in [1.165, 1.54) is 12.1 Å². The summed E-state index contributed by atoms with van der Waals surface area (Å²) in [5.41, 5.74) is 2.64. The van der Waals surface area contributed by atoms with Crippen LogP contribution in [0.15, 0.2) is 27.3 Å². The number of fused-ring (bicyclic) bond motifs is 1. The SMILES string of the molecule is CC(C)(C)OC(=O)N[C@@H](Cc1cc(F)cc(F)c1)c1nc(Br)c2c(c1Br)CCCC2. The molecule has 0 spiro atoms. The first-order chi connectivity index (χ1) is 14.0. The van der Waals surface area contributed by atoms with Crippen LogP contribution in [-0.2, 0) is 24.0 Å². The van der Waals surface area contributed by atoms with Gasteiger partial charge in [0, 0.05) is 10.5 Å². The van der Waals surface area contributed by atoms with Crippen LogP contribution < -0.4 is 5.32 Å². The minimum atomic E-state index is -0.680. The van der Waals surface area contributed by atoms with Crippen molar-refractivity contribution in [2.24, 2.45) is 0 Å². The predicted octanol–water partition coefficient (Wildman–Crippen LogP) is 6.57. The molecule has 0 bridgehead atoms. The molecule has 2 aromatic rings. The standard InChI is InChI=1S/C22H24Br2F2N2O2/c1-22(2,3)30-21(29)27-17(10-12-8-13(25)11-14(26)9-12)19-18(23)15-6-4-5-7-16(15)20(24)28-19/h8-9,11,17H,4-7,10H2,1-3H3,(H,27,29)/t17-/m0/s1. The van der Waals surface area contributed by atoms with Gasteiger partial charge < -0.3 is 10.1 Å². The normalized spacial score (nSPS) is 14.8. The summed E-state index contributed by atoms with van der Waals surface area (Å²) in [6.45, 7) is 5.31. The Morgan fingerprint density at radius 2 is 1.73 bits per heavy atom. The summed E-state index contributed by atoms with van der Waals surface area (Å²) in [5, 5.41) is 2.83. The zero-order valence-electron chi connectivity index (χ0n) is 17.1. The van der Waals surface area contributed by atoms with E-state index in [0.29, 0.717) is 11.3 Å². The molecule has 1 heterocycles. The third kappa shape index (κ3) is 5.78. The van der Waals surface area contributed by atoms with Gasteiger partial charge in [-0.2, -0.15) is 0 Å². The van der Waals surface area contributed by atoms with Crippen molar-refractivity contribution < 1.29 is 18.3 Å². The number of alkyl carbamates (subject to hydrolysis) is 1. The molecule has 0 saturated heterocycles. The molecule has 8 heteroatoms. The minimum Gasteiger partial charge on any atom is -0.444 e. The average Bonchev–Trinajstić information content (AvgIpc) is 2.62. The second kappa shape index (κ2) is 9.30. The van der Waals surface area contributed by atoms with Gasteiger partial charge in [-0.05, 0) is 114 Å². The number of halogens is 4. The van der Waals surface area contributed by atoms with Gasteiger partial charge in [-0.1, -0.05) is 0 Å². The van der Waals surface area contributed by atoms with Crippen molar-refractivity contribution in [3.05, 3.63) is 61.3 Å². The third-order valence-corrected chi connectivity index (χ3v) is 6.35. The van der Waals surface area contributed by atoms with Gasteiger partial charge in [-0.25, -0.2) is 18.6 Å². The summed E-state index contributed by atoms with van der Waals surface area (Å²) in [6.07, 6.45) is 3.54. The number of nitrogens with zero attached hydrogens (tertiary/aromatic N) is 1. The van der Waals surface area contributed by atoms with E-state index in [2.05, 4.69) is 42.2 Å². The van der Waals surface area contributed by atoms with Gasteiger partial charge in [-0.15, -0.1) is 0 Å². The summed E-state index contributed by atoms with van der Waals surface area (Å²) in [6, 6.07) is 2.70. The number of ether oxygens (including phenoxy) is 1. The number of rotatable bonds is 4. The van der Waals surface area contributed by atoms with Crippen molar-refractivity contribution in [2.45, 2.75) is 64.5 Å². The lowest BCUT2D eigenvalue weighted by molar-refractivity contribution is 0.0502. The van der Waals surface area contributed by atoms with Crippen LogP contribution in [0.5, 0.6) is 0 Å². The second-order valence-electron chi connectivity index (χ2n) is 8.45. The van der Waals surface area contributed by atoms with Gasteiger partial charge in [0.2, 0.25) is 0 Å². The molecule has 0 aliphatic heterocycles. The number of nitrogens with one attached hydrogen (secondary N) is 1. The van der Waals surface area contributed by atoms with E-state index >= 15 is 0 Å². The number of amides is 1. The summed E-state index contributed by atoms with van der Waals surface area (Å²) in [5.74, 6) is -1.33. The molecule has 1 aliphatic carbocycles. The van der Waals surface area contributed by atoms with E-state index in [1.54, 1.807) is 20.8 Å². The van der Waals surface area contributed by atoms with E-state index in [0.717, 1.165) is 52.0 Å². The van der Waals surface area contributed by atoms with Crippen molar-refractivity contribution in [2.75, 3.05) is 0 Å². The number of hydrogen-bond donors (Lipinski definition) is 1. The van der Waals surface area contributed by atoms with E-state index in [-0.39, 0.29) is 6.42 Å². The van der Waals surface area contributed by atoms with Crippen LogP contribution in [0.1, 0.15) is 62.0 Å². The van der Waals surface area contributed by atoms with Crippen LogP contribution in [0.3, 0.4) is 0 Å². The molecule has 1 N–H and O–H groups in total. The lowest BCUT2D eigenvalue weighted by Gasteiger charge is -2.26. The highest BCUT2D eigenvalue weighted by atomic mass is 79.9. The van der Waals surface area contributed by atoms with Gasteiger partial charge >= 0.3 is 6.09 Å². The molecule has 3 rings (SSSR count). The fraction of sp³-hybridized carbons (Fsp3) is 0.455.